The van der Waals surface area contributed by atoms with Crippen LogP contribution in [-0.2, 0) is 0 Å². The van der Waals surface area contributed by atoms with Crippen molar-refractivity contribution in [2.45, 2.75) is 0 Å². The lowest BCUT2D eigenvalue weighted by atomic mass is 10.2. The van der Waals surface area contributed by atoms with E-state index in [2.05, 4.69) is 25.3 Å². The average molecular weight is 384 g/mol. The molecular formula is C18H11Cl2N5O. The average Bonchev–Trinajstić information content (AvgIpc) is 3.05. The van der Waals surface area contributed by atoms with E-state index < -0.39 is 0 Å². The number of carbonyl (C=O) groups is 1. The van der Waals surface area contributed by atoms with E-state index in [1.54, 1.807) is 48.7 Å². The van der Waals surface area contributed by atoms with Crippen molar-refractivity contribution in [1.29, 1.82) is 0 Å². The fourth-order valence-corrected chi connectivity index (χ4v) is 3.12. The number of hydrogen-bond donors (Lipinski definition) is 2. The summed E-state index contributed by atoms with van der Waals surface area (Å²) in [7, 11) is 0. The highest BCUT2D eigenvalue weighted by Gasteiger charge is 2.14. The standard InChI is InChI=1S/C18H11Cl2N5O/c19-11-2-1-3-12(20)16(11)17-23-13-5-4-10(8-14(13)24-17)18(26)25-15-6-7-21-9-22-15/h1-9H,(H,23,24)(H,21,22,25,26). The van der Waals surface area contributed by atoms with Crippen molar-refractivity contribution in [2.24, 2.45) is 0 Å². The lowest BCUT2D eigenvalue weighted by Gasteiger charge is -2.03. The van der Waals surface area contributed by atoms with Crippen LogP contribution in [0.15, 0.2) is 55.0 Å². The van der Waals surface area contributed by atoms with Gasteiger partial charge in [-0.15, -0.1) is 0 Å². The monoisotopic (exact) mass is 383 g/mol. The Morgan fingerprint density at radius 3 is 2.62 bits per heavy atom. The lowest BCUT2D eigenvalue weighted by molar-refractivity contribution is 0.102. The van der Waals surface area contributed by atoms with Crippen molar-refractivity contribution in [2.75, 3.05) is 5.32 Å². The molecule has 128 valence electrons. The van der Waals surface area contributed by atoms with Crippen LogP contribution in [0.4, 0.5) is 5.82 Å². The van der Waals surface area contributed by atoms with Gasteiger partial charge in [-0.25, -0.2) is 15.0 Å². The van der Waals surface area contributed by atoms with Gasteiger partial charge in [-0.05, 0) is 36.4 Å². The number of H-pyrrole nitrogens is 1. The maximum Gasteiger partial charge on any atom is 0.256 e. The molecular weight excluding hydrogens is 373 g/mol. The van der Waals surface area contributed by atoms with Crippen LogP contribution in [-0.4, -0.2) is 25.8 Å². The van der Waals surface area contributed by atoms with Gasteiger partial charge in [0.1, 0.15) is 18.0 Å². The number of nitrogens with one attached hydrogen (secondary N) is 2. The van der Waals surface area contributed by atoms with E-state index in [9.17, 15) is 4.79 Å². The molecule has 8 heteroatoms. The quantitative estimate of drug-likeness (QED) is 0.542. The summed E-state index contributed by atoms with van der Waals surface area (Å²) in [6, 6.07) is 12.1. The maximum absolute atomic E-state index is 12.4. The molecule has 0 unspecified atom stereocenters. The zero-order valence-electron chi connectivity index (χ0n) is 13.2. The van der Waals surface area contributed by atoms with Crippen LogP contribution in [0.2, 0.25) is 10.0 Å². The Labute approximate surface area is 158 Å². The predicted octanol–water partition coefficient (Wildman–Crippen LogP) is 4.58. The minimum atomic E-state index is -0.286. The third-order valence-electron chi connectivity index (χ3n) is 3.77. The summed E-state index contributed by atoms with van der Waals surface area (Å²) in [5.41, 5.74) is 2.49. The molecule has 0 atom stereocenters. The fourth-order valence-electron chi connectivity index (χ4n) is 2.54. The first-order valence-corrected chi connectivity index (χ1v) is 8.39. The topological polar surface area (TPSA) is 83.6 Å². The van der Waals surface area contributed by atoms with Crippen molar-refractivity contribution < 1.29 is 4.79 Å². The van der Waals surface area contributed by atoms with Gasteiger partial charge in [0.2, 0.25) is 0 Å². The molecule has 0 radical (unpaired) electrons. The molecule has 0 saturated carbocycles. The molecule has 6 nitrogen and oxygen atoms in total. The highest BCUT2D eigenvalue weighted by atomic mass is 35.5. The smallest absolute Gasteiger partial charge is 0.256 e. The molecule has 0 aliphatic heterocycles. The van der Waals surface area contributed by atoms with Gasteiger partial charge in [-0.3, -0.25) is 4.79 Å². The van der Waals surface area contributed by atoms with Crippen molar-refractivity contribution in [3.63, 3.8) is 0 Å². The Morgan fingerprint density at radius 1 is 1.08 bits per heavy atom. The van der Waals surface area contributed by atoms with Crippen LogP contribution < -0.4 is 5.32 Å². The van der Waals surface area contributed by atoms with E-state index in [1.807, 2.05) is 0 Å². The number of benzene rings is 2. The number of hydrogen-bond acceptors (Lipinski definition) is 4. The zero-order chi connectivity index (χ0) is 18.1. The first-order valence-electron chi connectivity index (χ1n) is 7.63. The summed E-state index contributed by atoms with van der Waals surface area (Å²) in [5.74, 6) is 0.686. The first-order chi connectivity index (χ1) is 12.6. The molecule has 2 heterocycles. The Morgan fingerprint density at radius 2 is 1.88 bits per heavy atom. The van der Waals surface area contributed by atoms with Crippen molar-refractivity contribution in [3.05, 3.63) is 70.6 Å². The molecule has 0 aliphatic rings. The molecule has 0 bridgehead atoms. The number of imidazole rings is 1. The summed E-state index contributed by atoms with van der Waals surface area (Å²) in [6.07, 6.45) is 2.92. The van der Waals surface area contributed by atoms with Gasteiger partial charge >= 0.3 is 0 Å². The van der Waals surface area contributed by atoms with Gasteiger partial charge in [0.25, 0.3) is 5.91 Å². The molecule has 4 rings (SSSR count). The summed E-state index contributed by atoms with van der Waals surface area (Å²) in [5, 5.41) is 3.71. The first kappa shape index (κ1) is 16.5. The number of nitrogens with zero attached hydrogens (tertiary/aromatic N) is 3. The fraction of sp³-hybridized carbons (Fsp3) is 0. The number of aromatic nitrogens is 4. The molecule has 2 N–H and O–H groups in total. The van der Waals surface area contributed by atoms with Crippen LogP contribution in [0.25, 0.3) is 22.4 Å². The van der Waals surface area contributed by atoms with Gasteiger partial charge in [0.15, 0.2) is 0 Å². The number of fused-ring (bicyclic) bond motifs is 1. The van der Waals surface area contributed by atoms with Crippen LogP contribution in [0.1, 0.15) is 10.4 Å². The Balaban J connectivity index is 1.69. The van der Waals surface area contributed by atoms with Crippen LogP contribution in [0.5, 0.6) is 0 Å². The molecule has 26 heavy (non-hydrogen) atoms. The normalized spacial score (nSPS) is 10.8. The third kappa shape index (κ3) is 3.12. The zero-order valence-corrected chi connectivity index (χ0v) is 14.7. The molecule has 2 aromatic heterocycles. The van der Waals surface area contributed by atoms with Gasteiger partial charge in [0, 0.05) is 11.8 Å². The van der Waals surface area contributed by atoms with E-state index in [-0.39, 0.29) is 5.91 Å². The number of halogens is 2. The maximum atomic E-state index is 12.4. The van der Waals surface area contributed by atoms with E-state index in [1.165, 1.54) is 6.33 Å². The van der Waals surface area contributed by atoms with Crippen LogP contribution in [0, 0.1) is 0 Å². The van der Waals surface area contributed by atoms with E-state index in [4.69, 9.17) is 23.2 Å². The number of amides is 1. The number of rotatable bonds is 3. The molecule has 0 fully saturated rings. The van der Waals surface area contributed by atoms with Crippen LogP contribution >= 0.6 is 23.2 Å². The number of anilines is 1. The Hall–Kier alpha value is -2.96. The van der Waals surface area contributed by atoms with Crippen molar-refractivity contribution >= 4 is 46.0 Å². The molecule has 0 aliphatic carbocycles. The molecule has 0 spiro atoms. The minimum Gasteiger partial charge on any atom is -0.338 e. The van der Waals surface area contributed by atoms with E-state index in [0.29, 0.717) is 38.3 Å². The second kappa shape index (κ2) is 6.74. The molecule has 1 amide bonds. The van der Waals surface area contributed by atoms with Crippen molar-refractivity contribution in [3.8, 4) is 11.4 Å². The van der Waals surface area contributed by atoms with Crippen LogP contribution in [0.3, 0.4) is 0 Å². The van der Waals surface area contributed by atoms with Crippen molar-refractivity contribution in [1.82, 2.24) is 19.9 Å². The van der Waals surface area contributed by atoms with Gasteiger partial charge in [0.05, 0.1) is 26.6 Å². The third-order valence-corrected chi connectivity index (χ3v) is 4.40. The second-order valence-electron chi connectivity index (χ2n) is 5.46. The van der Waals surface area contributed by atoms with E-state index >= 15 is 0 Å². The Kier molecular flexibility index (Phi) is 4.28. The lowest BCUT2D eigenvalue weighted by Crippen LogP contribution is -2.12. The van der Waals surface area contributed by atoms with E-state index in [0.717, 1.165) is 5.52 Å². The number of aromatic amines is 1. The highest BCUT2D eigenvalue weighted by molar-refractivity contribution is 6.39. The number of carbonyl (C=O) groups excluding carboxylic acids is 1. The summed E-state index contributed by atoms with van der Waals surface area (Å²) in [6.45, 7) is 0. The highest BCUT2D eigenvalue weighted by Crippen LogP contribution is 2.33. The SMILES string of the molecule is O=C(Nc1ccncn1)c1ccc2[nH]c(-c3c(Cl)cccc3Cl)nc2c1. The van der Waals surface area contributed by atoms with Gasteiger partial charge in [-0.2, -0.15) is 0 Å². The Bertz CT molecular complexity index is 1090. The predicted molar refractivity (Wildman–Crippen MR) is 102 cm³/mol. The second-order valence-corrected chi connectivity index (χ2v) is 6.28. The largest absolute Gasteiger partial charge is 0.338 e. The summed E-state index contributed by atoms with van der Waals surface area (Å²) in [4.78, 5) is 27.9. The molecule has 4 aromatic rings. The van der Waals surface area contributed by atoms with Gasteiger partial charge in [-0.1, -0.05) is 29.3 Å². The minimum absolute atomic E-state index is 0.286. The summed E-state index contributed by atoms with van der Waals surface area (Å²) < 4.78 is 0. The molecule has 0 saturated heterocycles. The molecule has 2 aromatic carbocycles. The summed E-state index contributed by atoms with van der Waals surface area (Å²) >= 11 is 12.5. The van der Waals surface area contributed by atoms with Gasteiger partial charge < -0.3 is 10.3 Å².